The zero-order valence-corrected chi connectivity index (χ0v) is 30.3. The largest absolute Gasteiger partial charge is 0.497 e. The van der Waals surface area contributed by atoms with Gasteiger partial charge in [-0.3, -0.25) is 4.90 Å². The second-order valence-corrected chi connectivity index (χ2v) is 16.0. The summed E-state index contributed by atoms with van der Waals surface area (Å²) in [5.74, 6) is 0.0136. The Morgan fingerprint density at radius 2 is 1.83 bits per heavy atom. The van der Waals surface area contributed by atoms with Crippen molar-refractivity contribution in [3.05, 3.63) is 58.3 Å². The molecule has 2 atom stereocenters. The lowest BCUT2D eigenvalue weighted by molar-refractivity contribution is -0.0392. The molecule has 5 rings (SSSR count). The van der Waals surface area contributed by atoms with Gasteiger partial charge in [0.1, 0.15) is 39.7 Å². The highest BCUT2D eigenvalue weighted by atomic mass is 35.5. The highest BCUT2D eigenvalue weighted by molar-refractivity contribution is 7.93. The number of ether oxygens (including phenoxy) is 4. The number of benzene rings is 2. The van der Waals surface area contributed by atoms with Gasteiger partial charge in [-0.2, -0.15) is 0 Å². The number of aromatic nitrogens is 1. The van der Waals surface area contributed by atoms with E-state index in [-0.39, 0.29) is 46.7 Å². The van der Waals surface area contributed by atoms with Gasteiger partial charge in [0.2, 0.25) is 0 Å². The minimum absolute atomic E-state index is 0.00746. The van der Waals surface area contributed by atoms with Gasteiger partial charge in [0.25, 0.3) is 10.0 Å². The highest BCUT2D eigenvalue weighted by Crippen LogP contribution is 2.38. The van der Waals surface area contributed by atoms with E-state index in [2.05, 4.69) is 9.88 Å². The Hall–Kier alpha value is -3.33. The van der Waals surface area contributed by atoms with Crippen LogP contribution in [0.2, 0.25) is 5.02 Å². The number of halogens is 2. The van der Waals surface area contributed by atoms with Gasteiger partial charge in [-0.1, -0.05) is 18.0 Å². The Labute approximate surface area is 290 Å². The first-order valence-corrected chi connectivity index (χ1v) is 18.4. The van der Waals surface area contributed by atoms with E-state index in [9.17, 15) is 13.2 Å². The minimum Gasteiger partial charge on any atom is -0.497 e. The van der Waals surface area contributed by atoms with E-state index in [4.69, 9.17) is 30.5 Å². The van der Waals surface area contributed by atoms with Crippen LogP contribution in [0.4, 0.5) is 14.3 Å². The summed E-state index contributed by atoms with van der Waals surface area (Å²) < 4.78 is 67.7. The molecule has 1 aromatic heterocycles. The molecule has 1 saturated heterocycles. The molecule has 1 saturated carbocycles. The maximum Gasteiger partial charge on any atom is 0.410 e. The molecule has 0 N–H and O–H groups in total. The van der Waals surface area contributed by atoms with Crippen LogP contribution in [0.5, 0.6) is 17.2 Å². The minimum atomic E-state index is -4.49. The van der Waals surface area contributed by atoms with E-state index >= 15 is 4.39 Å². The number of rotatable bonds is 11. The van der Waals surface area contributed by atoms with Crippen LogP contribution in [-0.2, 0) is 21.3 Å². The quantitative estimate of drug-likeness (QED) is 0.216. The zero-order valence-electron chi connectivity index (χ0n) is 27.9. The summed E-state index contributed by atoms with van der Waals surface area (Å²) in [7, 11) is 0.501. The second kappa shape index (κ2) is 14.7. The number of likely N-dealkylation sites (N-methyl/N-ethyl adjacent to an activating group) is 1. The first kappa shape index (κ1) is 36.0. The number of methoxy groups -OCH3 is 2. The van der Waals surface area contributed by atoms with Crippen molar-refractivity contribution < 1.29 is 36.6 Å². The topological polar surface area (TPSA) is 111 Å². The summed E-state index contributed by atoms with van der Waals surface area (Å²) in [4.78, 5) is 20.0. The third-order valence-corrected chi connectivity index (χ3v) is 11.5. The zero-order chi connectivity index (χ0) is 34.8. The number of amides is 1. The average molecular weight is 725 g/mol. The van der Waals surface area contributed by atoms with Crippen molar-refractivity contribution >= 4 is 44.2 Å². The monoisotopic (exact) mass is 724 g/mol. The van der Waals surface area contributed by atoms with Crippen molar-refractivity contribution in [2.45, 2.75) is 81.7 Å². The molecular formula is C33H42ClFN4O7S2. The van der Waals surface area contributed by atoms with Crippen LogP contribution in [0, 0.1) is 5.82 Å². The predicted molar refractivity (Wildman–Crippen MR) is 182 cm³/mol. The molecule has 2 aliphatic rings. The first-order valence-electron chi connectivity index (χ1n) is 15.7. The average Bonchev–Trinajstić information content (AvgIpc) is 3.54. The molecule has 15 heteroatoms. The molecule has 2 aromatic carbocycles. The smallest absolute Gasteiger partial charge is 0.410 e. The molecule has 2 heterocycles. The fourth-order valence-electron chi connectivity index (χ4n) is 5.95. The van der Waals surface area contributed by atoms with Crippen molar-refractivity contribution in [3.63, 3.8) is 0 Å². The van der Waals surface area contributed by atoms with Crippen LogP contribution in [0.25, 0.3) is 0 Å². The van der Waals surface area contributed by atoms with E-state index in [0.717, 1.165) is 53.5 Å². The number of hydrogen-bond donors (Lipinski definition) is 0. The van der Waals surface area contributed by atoms with Crippen molar-refractivity contribution in [1.82, 2.24) is 14.8 Å². The fraction of sp³-hybridized carbons (Fsp3) is 0.515. The van der Waals surface area contributed by atoms with E-state index in [1.807, 2.05) is 27.8 Å². The molecule has 0 spiro atoms. The van der Waals surface area contributed by atoms with E-state index in [1.165, 1.54) is 20.4 Å². The number of nitrogens with zero attached hydrogens (tertiary/aromatic N) is 4. The number of anilines is 1. The van der Waals surface area contributed by atoms with Crippen LogP contribution < -0.4 is 18.5 Å². The molecule has 3 aromatic rings. The van der Waals surface area contributed by atoms with Gasteiger partial charge in [0.05, 0.1) is 25.8 Å². The lowest BCUT2D eigenvalue weighted by atomic mass is 9.89. The van der Waals surface area contributed by atoms with E-state index in [1.54, 1.807) is 28.5 Å². The molecule has 2 fully saturated rings. The van der Waals surface area contributed by atoms with Gasteiger partial charge in [0.15, 0.2) is 5.13 Å². The third kappa shape index (κ3) is 7.93. The van der Waals surface area contributed by atoms with Crippen LogP contribution in [0.3, 0.4) is 0 Å². The number of carbonyl (C=O) groups is 1. The van der Waals surface area contributed by atoms with E-state index < -0.39 is 26.3 Å². The molecule has 1 amide bonds. The molecule has 0 unspecified atom stereocenters. The predicted octanol–water partition coefficient (Wildman–Crippen LogP) is 6.59. The van der Waals surface area contributed by atoms with Gasteiger partial charge in [-0.25, -0.2) is 26.9 Å². The van der Waals surface area contributed by atoms with Crippen LogP contribution in [-0.4, -0.2) is 87.4 Å². The van der Waals surface area contributed by atoms with Crippen LogP contribution >= 0.6 is 22.9 Å². The lowest BCUT2D eigenvalue weighted by Gasteiger charge is -2.49. The van der Waals surface area contributed by atoms with Crippen LogP contribution in [0.1, 0.15) is 52.0 Å². The summed E-state index contributed by atoms with van der Waals surface area (Å²) in [6, 6.07) is 7.27. The van der Waals surface area contributed by atoms with Crippen molar-refractivity contribution in [3.8, 4) is 17.2 Å². The number of sulfonamides is 1. The Morgan fingerprint density at radius 3 is 2.48 bits per heavy atom. The number of thiazole rings is 1. The van der Waals surface area contributed by atoms with Gasteiger partial charge in [0, 0.05) is 54.4 Å². The Bertz CT molecular complexity index is 1700. The number of carbonyl (C=O) groups excluding carboxylic acids is 1. The third-order valence-electron chi connectivity index (χ3n) is 8.55. The maximum atomic E-state index is 15.9. The molecule has 1 aliphatic heterocycles. The van der Waals surface area contributed by atoms with Crippen molar-refractivity contribution in [1.29, 1.82) is 0 Å². The van der Waals surface area contributed by atoms with Gasteiger partial charge in [-0.05, 0) is 65.3 Å². The normalized spacial score (nSPS) is 18.7. The Morgan fingerprint density at radius 1 is 1.10 bits per heavy atom. The van der Waals surface area contributed by atoms with Gasteiger partial charge < -0.3 is 23.8 Å². The number of hydrogen-bond acceptors (Lipinski definition) is 10. The summed E-state index contributed by atoms with van der Waals surface area (Å²) in [6.45, 7) is 6.41. The molecule has 48 heavy (non-hydrogen) atoms. The summed E-state index contributed by atoms with van der Waals surface area (Å²) in [5, 5.41) is 1.76. The summed E-state index contributed by atoms with van der Waals surface area (Å²) in [6.07, 6.45) is 4.33. The standard InChI is InChI=1S/C33H42ClFN4O7S2/c1-33(2,3)46-32(40)38-19-22(20-38)37(4)26-9-7-8-10-27(26)45-29-17-25(35)30(16-24(29)34)48(41,42)39(31-36-13-14-47-31)18-21-11-12-23(43-5)15-28(21)44-6/h11-17,22,26-27H,7-10,18-20H2,1-6H3/t26-,27-/m0/s1. The SMILES string of the molecule is COc1ccc(CN(c2nccs2)S(=O)(=O)c2cc(Cl)c(O[C@H]3CCCC[C@@H]3N(C)C3CN(C(=O)OC(C)(C)C)C3)cc2F)c(OC)c1. The van der Waals surface area contributed by atoms with Crippen molar-refractivity contribution in [2.24, 2.45) is 0 Å². The van der Waals surface area contributed by atoms with E-state index in [0.29, 0.717) is 30.2 Å². The van der Waals surface area contributed by atoms with Gasteiger partial charge in [-0.15, -0.1) is 11.3 Å². The van der Waals surface area contributed by atoms with Gasteiger partial charge >= 0.3 is 6.09 Å². The fourth-order valence-corrected chi connectivity index (χ4v) is 8.57. The first-order chi connectivity index (χ1) is 22.7. The Balaban J connectivity index is 1.35. The molecule has 262 valence electrons. The second-order valence-electron chi connectivity index (χ2n) is 12.9. The highest BCUT2D eigenvalue weighted by Gasteiger charge is 2.41. The summed E-state index contributed by atoms with van der Waals surface area (Å²) in [5.41, 5.74) is -0.0418. The molecule has 1 aliphatic carbocycles. The Kier molecular flexibility index (Phi) is 11.0. The molecular weight excluding hydrogens is 683 g/mol. The summed E-state index contributed by atoms with van der Waals surface area (Å²) >= 11 is 7.74. The lowest BCUT2D eigenvalue weighted by Crippen LogP contribution is -2.64. The maximum absolute atomic E-state index is 15.9. The van der Waals surface area contributed by atoms with Crippen LogP contribution in [0.15, 0.2) is 46.8 Å². The molecule has 0 bridgehead atoms. The number of likely N-dealkylation sites (tertiary alicyclic amines) is 1. The molecule has 11 nitrogen and oxygen atoms in total. The van der Waals surface area contributed by atoms with Crippen molar-refractivity contribution in [2.75, 3.05) is 38.7 Å². The molecule has 0 radical (unpaired) electrons.